The molecule has 1 aromatic carbocycles. The molecule has 1 fully saturated rings. The second kappa shape index (κ2) is 6.62. The van der Waals surface area contributed by atoms with E-state index >= 15 is 0 Å². The Hall–Kier alpha value is -2.02. The Balaban J connectivity index is 1.89. The number of hydrogen-bond donors (Lipinski definition) is 1. The molecule has 112 valence electrons. The Morgan fingerprint density at radius 3 is 2.62 bits per heavy atom. The minimum Gasteiger partial charge on any atom is -0.484 e. The van der Waals surface area contributed by atoms with Crippen LogP contribution in [-0.4, -0.2) is 18.1 Å². The zero-order valence-corrected chi connectivity index (χ0v) is 12.7. The second-order valence-corrected chi connectivity index (χ2v) is 5.84. The van der Waals surface area contributed by atoms with Gasteiger partial charge in [-0.25, -0.2) is 0 Å². The van der Waals surface area contributed by atoms with Crippen molar-refractivity contribution < 1.29 is 9.53 Å². The van der Waals surface area contributed by atoms with Crippen molar-refractivity contribution in [3.8, 4) is 11.8 Å². The van der Waals surface area contributed by atoms with Crippen LogP contribution in [-0.2, 0) is 4.79 Å². The molecule has 4 heteroatoms. The van der Waals surface area contributed by atoms with Crippen LogP contribution in [0.15, 0.2) is 18.2 Å². The molecule has 1 saturated carbocycles. The largest absolute Gasteiger partial charge is 0.484 e. The van der Waals surface area contributed by atoms with Crippen molar-refractivity contribution in [1.29, 1.82) is 5.26 Å². The van der Waals surface area contributed by atoms with E-state index in [4.69, 9.17) is 4.74 Å². The zero-order valence-electron chi connectivity index (χ0n) is 12.7. The average Bonchev–Trinajstić information content (AvgIpc) is 2.49. The van der Waals surface area contributed by atoms with Crippen LogP contribution in [0.1, 0.15) is 43.2 Å². The molecule has 1 aromatic rings. The molecule has 0 aliphatic heterocycles. The van der Waals surface area contributed by atoms with Crippen LogP contribution in [0.5, 0.6) is 5.75 Å². The highest BCUT2D eigenvalue weighted by molar-refractivity contribution is 5.78. The fourth-order valence-electron chi connectivity index (χ4n) is 2.68. The van der Waals surface area contributed by atoms with E-state index in [1.165, 1.54) is 5.56 Å². The van der Waals surface area contributed by atoms with E-state index in [1.54, 1.807) is 0 Å². The van der Waals surface area contributed by atoms with E-state index in [9.17, 15) is 10.1 Å². The first-order chi connectivity index (χ1) is 10.0. The van der Waals surface area contributed by atoms with Crippen molar-refractivity contribution in [3.05, 3.63) is 29.3 Å². The van der Waals surface area contributed by atoms with Gasteiger partial charge in [0.05, 0.1) is 6.07 Å². The number of nitrogens with one attached hydrogen (secondary N) is 1. The highest BCUT2D eigenvalue weighted by Crippen LogP contribution is 2.27. The van der Waals surface area contributed by atoms with Crippen LogP contribution in [0.25, 0.3) is 0 Å². The van der Waals surface area contributed by atoms with E-state index in [1.807, 2.05) is 32.0 Å². The molecular weight excluding hydrogens is 264 g/mol. The lowest BCUT2D eigenvalue weighted by molar-refractivity contribution is -0.124. The summed E-state index contributed by atoms with van der Waals surface area (Å²) in [5.74, 6) is 0.458. The molecule has 0 aromatic heterocycles. The summed E-state index contributed by atoms with van der Waals surface area (Å²) in [4.78, 5) is 12.0. The Labute approximate surface area is 126 Å². The predicted octanol–water partition coefficient (Wildman–Crippen LogP) is 3.02. The number of carbonyl (C=O) groups excluding carboxylic acids is 1. The van der Waals surface area contributed by atoms with Crippen molar-refractivity contribution >= 4 is 5.91 Å². The maximum Gasteiger partial charge on any atom is 0.259 e. The van der Waals surface area contributed by atoms with Gasteiger partial charge in [-0.3, -0.25) is 4.79 Å². The monoisotopic (exact) mass is 286 g/mol. The van der Waals surface area contributed by atoms with Gasteiger partial charge in [0.25, 0.3) is 5.91 Å². The van der Waals surface area contributed by atoms with Crippen LogP contribution in [0.3, 0.4) is 0 Å². The number of nitrogens with zero attached hydrogens (tertiary/aromatic N) is 1. The first-order valence-electron chi connectivity index (χ1n) is 7.47. The Kier molecular flexibility index (Phi) is 4.85. The van der Waals surface area contributed by atoms with Gasteiger partial charge in [0, 0.05) is 0 Å². The molecule has 4 nitrogen and oxygen atoms in total. The van der Waals surface area contributed by atoms with Crippen LogP contribution in [0.4, 0.5) is 0 Å². The first-order valence-corrected chi connectivity index (χ1v) is 7.47. The topological polar surface area (TPSA) is 62.1 Å². The highest BCUT2D eigenvalue weighted by atomic mass is 16.5. The van der Waals surface area contributed by atoms with Crippen molar-refractivity contribution in [1.82, 2.24) is 5.32 Å². The van der Waals surface area contributed by atoms with Gasteiger partial charge < -0.3 is 10.1 Å². The van der Waals surface area contributed by atoms with Gasteiger partial charge in [-0.15, -0.1) is 0 Å². The van der Waals surface area contributed by atoms with Crippen molar-refractivity contribution in [2.45, 2.75) is 51.5 Å². The molecule has 1 aliphatic carbocycles. The molecule has 0 bridgehead atoms. The minimum absolute atomic E-state index is 0.0497. The molecule has 0 atom stereocenters. The van der Waals surface area contributed by atoms with Crippen LogP contribution >= 0.6 is 0 Å². The number of hydrogen-bond acceptors (Lipinski definition) is 3. The quantitative estimate of drug-likeness (QED) is 0.925. The van der Waals surface area contributed by atoms with E-state index in [2.05, 4.69) is 11.4 Å². The second-order valence-electron chi connectivity index (χ2n) is 5.84. The van der Waals surface area contributed by atoms with Gasteiger partial charge in [0.15, 0.2) is 6.61 Å². The molecule has 21 heavy (non-hydrogen) atoms. The summed E-state index contributed by atoms with van der Waals surface area (Å²) in [6, 6.07) is 8.03. The Morgan fingerprint density at radius 2 is 2.00 bits per heavy atom. The SMILES string of the molecule is Cc1ccc(OCC(=O)NC2(C#N)CCCCC2)cc1C. The molecular formula is C17H22N2O2. The van der Waals surface area contributed by atoms with E-state index in [0.29, 0.717) is 5.75 Å². The molecule has 0 unspecified atom stereocenters. The molecule has 0 spiro atoms. The van der Waals surface area contributed by atoms with Crippen LogP contribution in [0.2, 0.25) is 0 Å². The molecule has 1 aliphatic rings. The summed E-state index contributed by atoms with van der Waals surface area (Å²) in [6.07, 6.45) is 4.59. The van der Waals surface area contributed by atoms with Crippen LogP contribution in [0, 0.1) is 25.2 Å². The van der Waals surface area contributed by atoms with Gasteiger partial charge in [0.1, 0.15) is 11.3 Å². The standard InChI is InChI=1S/C17H22N2O2/c1-13-6-7-15(10-14(13)2)21-11-16(20)19-17(12-18)8-4-3-5-9-17/h6-7,10H,3-5,8-9,11H2,1-2H3,(H,19,20). The Bertz CT molecular complexity index is 554. The van der Waals surface area contributed by atoms with Gasteiger partial charge in [-0.05, 0) is 49.9 Å². The number of rotatable bonds is 4. The summed E-state index contributed by atoms with van der Waals surface area (Å²) in [6.45, 7) is 3.99. The number of aryl methyl sites for hydroxylation is 2. The number of benzene rings is 1. The van der Waals surface area contributed by atoms with E-state index in [-0.39, 0.29) is 12.5 Å². The number of ether oxygens (including phenoxy) is 1. The lowest BCUT2D eigenvalue weighted by atomic mass is 9.83. The molecule has 1 amide bonds. The minimum atomic E-state index is -0.693. The summed E-state index contributed by atoms with van der Waals surface area (Å²) in [7, 11) is 0. The van der Waals surface area contributed by atoms with Crippen molar-refractivity contribution in [3.63, 3.8) is 0 Å². The van der Waals surface area contributed by atoms with Crippen molar-refractivity contribution in [2.75, 3.05) is 6.61 Å². The summed E-state index contributed by atoms with van der Waals surface area (Å²) < 4.78 is 5.51. The molecule has 2 rings (SSSR count). The zero-order chi connectivity index (χ0) is 15.3. The maximum atomic E-state index is 12.0. The fourth-order valence-corrected chi connectivity index (χ4v) is 2.68. The Morgan fingerprint density at radius 1 is 1.29 bits per heavy atom. The van der Waals surface area contributed by atoms with Gasteiger partial charge in [-0.1, -0.05) is 25.3 Å². The highest BCUT2D eigenvalue weighted by Gasteiger charge is 2.33. The van der Waals surface area contributed by atoms with Gasteiger partial charge >= 0.3 is 0 Å². The predicted molar refractivity (Wildman–Crippen MR) is 81.0 cm³/mol. The third-order valence-corrected chi connectivity index (χ3v) is 4.15. The normalized spacial score (nSPS) is 16.8. The fraction of sp³-hybridized carbons (Fsp3) is 0.529. The van der Waals surface area contributed by atoms with Crippen molar-refractivity contribution in [2.24, 2.45) is 0 Å². The number of carbonyl (C=O) groups is 1. The maximum absolute atomic E-state index is 12.0. The molecule has 0 heterocycles. The summed E-state index contributed by atoms with van der Waals surface area (Å²) in [5.41, 5.74) is 1.63. The number of nitriles is 1. The summed E-state index contributed by atoms with van der Waals surface area (Å²) in [5, 5.41) is 12.2. The van der Waals surface area contributed by atoms with E-state index in [0.717, 1.165) is 37.7 Å². The van der Waals surface area contributed by atoms with Crippen LogP contribution < -0.4 is 10.1 Å². The first kappa shape index (κ1) is 15.4. The van der Waals surface area contributed by atoms with E-state index < -0.39 is 5.54 Å². The molecule has 1 N–H and O–H groups in total. The number of amides is 1. The summed E-state index contributed by atoms with van der Waals surface area (Å²) >= 11 is 0. The van der Waals surface area contributed by atoms with Gasteiger partial charge in [-0.2, -0.15) is 5.26 Å². The third-order valence-electron chi connectivity index (χ3n) is 4.15. The average molecular weight is 286 g/mol. The molecule has 0 radical (unpaired) electrons. The molecule has 0 saturated heterocycles. The third kappa shape index (κ3) is 3.98. The smallest absolute Gasteiger partial charge is 0.259 e. The van der Waals surface area contributed by atoms with Gasteiger partial charge in [0.2, 0.25) is 0 Å². The lowest BCUT2D eigenvalue weighted by Gasteiger charge is -2.31. The lowest BCUT2D eigenvalue weighted by Crippen LogP contribution is -2.50.